The molecule has 0 aliphatic carbocycles. The van der Waals surface area contributed by atoms with Crippen molar-refractivity contribution in [1.29, 1.82) is 0 Å². The number of amides is 3. The third-order valence-corrected chi connectivity index (χ3v) is 8.40. The predicted molar refractivity (Wildman–Crippen MR) is 133 cm³/mol. The molecule has 0 atom stereocenters. The Morgan fingerprint density at radius 2 is 1.68 bits per heavy atom. The fraction of sp³-hybridized carbons (Fsp3) is 0.600. The van der Waals surface area contributed by atoms with Gasteiger partial charge >= 0.3 is 6.03 Å². The van der Waals surface area contributed by atoms with Gasteiger partial charge in [0.05, 0.1) is 0 Å². The number of anilines is 1. The second-order valence-electron chi connectivity index (χ2n) is 10.5. The fourth-order valence-corrected chi connectivity index (χ4v) is 5.24. The summed E-state index contributed by atoms with van der Waals surface area (Å²) in [7, 11) is -1.21. The van der Waals surface area contributed by atoms with E-state index in [0.29, 0.717) is 32.0 Å². The standard InChI is InChI=1S/C25H37N3O5Si/c1-34(2,3)17-16-31-19-28-23(29)10-13-27(25(28)30)18-20-4-6-22(7-5-20)26-11-8-21(9-12-26)24-32-14-15-33-24/h4-7,14-15,21,24H,8-13,16-19H2,1-3H3. The summed E-state index contributed by atoms with van der Waals surface area (Å²) in [4.78, 5) is 30.6. The summed E-state index contributed by atoms with van der Waals surface area (Å²) in [5.74, 6) is 0.262. The summed E-state index contributed by atoms with van der Waals surface area (Å²) in [6.07, 6.45) is 5.50. The zero-order valence-electron chi connectivity index (χ0n) is 20.6. The van der Waals surface area contributed by atoms with Gasteiger partial charge in [-0.3, -0.25) is 4.79 Å². The van der Waals surface area contributed by atoms with Crippen molar-refractivity contribution < 1.29 is 23.8 Å². The van der Waals surface area contributed by atoms with Gasteiger partial charge in [-0.25, -0.2) is 9.69 Å². The molecule has 186 valence electrons. The Balaban J connectivity index is 1.26. The summed E-state index contributed by atoms with van der Waals surface area (Å²) in [6.45, 7) is 10.3. The Morgan fingerprint density at radius 3 is 2.32 bits per heavy atom. The first kappa shape index (κ1) is 24.6. The van der Waals surface area contributed by atoms with Gasteiger partial charge in [0.25, 0.3) is 0 Å². The Hall–Kier alpha value is -2.52. The van der Waals surface area contributed by atoms with Crippen LogP contribution < -0.4 is 4.90 Å². The highest BCUT2D eigenvalue weighted by Crippen LogP contribution is 2.29. The summed E-state index contributed by atoms with van der Waals surface area (Å²) in [6, 6.07) is 9.14. The van der Waals surface area contributed by atoms with Gasteiger partial charge in [-0.15, -0.1) is 0 Å². The molecule has 2 saturated heterocycles. The largest absolute Gasteiger partial charge is 0.459 e. The Morgan fingerprint density at radius 1 is 1.00 bits per heavy atom. The summed E-state index contributed by atoms with van der Waals surface area (Å²) in [5.41, 5.74) is 2.24. The quantitative estimate of drug-likeness (QED) is 0.384. The van der Waals surface area contributed by atoms with E-state index in [1.165, 1.54) is 10.6 Å². The zero-order chi connectivity index (χ0) is 24.1. The molecule has 1 aromatic carbocycles. The molecule has 9 heteroatoms. The van der Waals surface area contributed by atoms with Gasteiger partial charge in [0.2, 0.25) is 12.2 Å². The molecule has 4 rings (SSSR count). The highest BCUT2D eigenvalue weighted by molar-refractivity contribution is 6.76. The van der Waals surface area contributed by atoms with E-state index in [2.05, 4.69) is 48.8 Å². The molecule has 3 aliphatic rings. The molecule has 34 heavy (non-hydrogen) atoms. The molecule has 0 spiro atoms. The lowest BCUT2D eigenvalue weighted by molar-refractivity contribution is -0.135. The van der Waals surface area contributed by atoms with Crippen LogP contribution in [-0.2, 0) is 25.5 Å². The van der Waals surface area contributed by atoms with Gasteiger partial charge in [0, 0.05) is 58.9 Å². The lowest BCUT2D eigenvalue weighted by Gasteiger charge is -2.35. The first-order valence-corrected chi connectivity index (χ1v) is 16.0. The maximum atomic E-state index is 12.9. The first-order chi connectivity index (χ1) is 16.3. The van der Waals surface area contributed by atoms with Crippen molar-refractivity contribution in [3.05, 3.63) is 42.4 Å². The summed E-state index contributed by atoms with van der Waals surface area (Å²) < 4.78 is 16.7. The van der Waals surface area contributed by atoms with E-state index < -0.39 is 8.07 Å². The van der Waals surface area contributed by atoms with Gasteiger partial charge in [-0.1, -0.05) is 31.8 Å². The molecule has 2 fully saturated rings. The molecule has 0 N–H and O–H groups in total. The Kier molecular flexibility index (Phi) is 7.83. The molecule has 1 aromatic rings. The predicted octanol–water partition coefficient (Wildman–Crippen LogP) is 4.21. The number of carbonyl (C=O) groups excluding carboxylic acids is 2. The van der Waals surface area contributed by atoms with Crippen molar-refractivity contribution in [2.24, 2.45) is 5.92 Å². The van der Waals surface area contributed by atoms with Crippen molar-refractivity contribution in [3.8, 4) is 0 Å². The number of urea groups is 1. The minimum absolute atomic E-state index is 0.0422. The Bertz CT molecular complexity index is 870. The number of piperidine rings is 1. The molecular formula is C25H37N3O5Si. The van der Waals surface area contributed by atoms with Crippen molar-refractivity contribution in [3.63, 3.8) is 0 Å². The van der Waals surface area contributed by atoms with Crippen LogP contribution in [0.4, 0.5) is 10.5 Å². The summed E-state index contributed by atoms with van der Waals surface area (Å²) in [5, 5.41) is 0. The second-order valence-corrected chi connectivity index (χ2v) is 16.1. The maximum Gasteiger partial charge on any atom is 0.328 e. The number of ether oxygens (including phenoxy) is 3. The van der Waals surface area contributed by atoms with E-state index in [0.717, 1.165) is 37.5 Å². The number of hydrogen-bond donors (Lipinski definition) is 0. The van der Waals surface area contributed by atoms with Gasteiger partial charge in [-0.05, 0) is 36.6 Å². The average molecular weight is 488 g/mol. The van der Waals surface area contributed by atoms with Gasteiger partial charge in [-0.2, -0.15) is 0 Å². The lowest BCUT2D eigenvalue weighted by atomic mass is 9.95. The third-order valence-electron chi connectivity index (χ3n) is 6.70. The first-order valence-electron chi connectivity index (χ1n) is 12.3. The van der Waals surface area contributed by atoms with E-state index in [4.69, 9.17) is 14.2 Å². The minimum atomic E-state index is -1.21. The maximum absolute atomic E-state index is 12.9. The number of imide groups is 1. The Labute approximate surface area is 203 Å². The third kappa shape index (κ3) is 6.32. The van der Waals surface area contributed by atoms with Gasteiger partial charge < -0.3 is 24.0 Å². The van der Waals surface area contributed by atoms with Crippen LogP contribution in [-0.4, -0.2) is 69.1 Å². The molecule has 3 heterocycles. The van der Waals surface area contributed by atoms with Crippen LogP contribution in [0.2, 0.25) is 25.7 Å². The SMILES string of the molecule is C[Si](C)(C)CCOCN1C(=O)CCN(Cc2ccc(N3CCC(C4OC=CO4)CC3)cc2)C1=O. The molecule has 0 radical (unpaired) electrons. The monoisotopic (exact) mass is 487 g/mol. The lowest BCUT2D eigenvalue weighted by Crippen LogP contribution is -2.52. The molecule has 0 saturated carbocycles. The number of benzene rings is 1. The minimum Gasteiger partial charge on any atom is -0.459 e. The second kappa shape index (κ2) is 10.8. The van der Waals surface area contributed by atoms with Crippen molar-refractivity contribution >= 4 is 25.7 Å². The molecule has 0 unspecified atom stereocenters. The molecule has 3 aliphatic heterocycles. The van der Waals surface area contributed by atoms with E-state index in [1.54, 1.807) is 17.4 Å². The average Bonchev–Trinajstić information content (AvgIpc) is 3.35. The summed E-state index contributed by atoms with van der Waals surface area (Å²) >= 11 is 0. The normalized spacial score (nSPS) is 20.1. The van der Waals surface area contributed by atoms with Crippen LogP contribution in [0.15, 0.2) is 36.8 Å². The van der Waals surface area contributed by atoms with Crippen molar-refractivity contribution in [2.45, 2.75) is 57.8 Å². The van der Waals surface area contributed by atoms with E-state index in [-0.39, 0.29) is 25.0 Å². The smallest absolute Gasteiger partial charge is 0.328 e. The van der Waals surface area contributed by atoms with Crippen molar-refractivity contribution in [2.75, 3.05) is 37.9 Å². The number of nitrogens with zero attached hydrogens (tertiary/aromatic N) is 3. The molecular weight excluding hydrogens is 450 g/mol. The van der Waals surface area contributed by atoms with Crippen LogP contribution in [0.25, 0.3) is 0 Å². The number of carbonyl (C=O) groups is 2. The molecule has 0 aromatic heterocycles. The van der Waals surface area contributed by atoms with Gasteiger partial charge in [0.15, 0.2) is 0 Å². The topological polar surface area (TPSA) is 71.6 Å². The van der Waals surface area contributed by atoms with E-state index in [9.17, 15) is 9.59 Å². The van der Waals surface area contributed by atoms with Gasteiger partial charge in [0.1, 0.15) is 19.3 Å². The molecule has 3 amide bonds. The number of rotatable bonds is 9. The van der Waals surface area contributed by atoms with Crippen LogP contribution >= 0.6 is 0 Å². The van der Waals surface area contributed by atoms with E-state index in [1.807, 2.05) is 0 Å². The highest BCUT2D eigenvalue weighted by Gasteiger charge is 2.32. The van der Waals surface area contributed by atoms with Crippen LogP contribution in [0, 0.1) is 5.92 Å². The van der Waals surface area contributed by atoms with Crippen LogP contribution in [0.1, 0.15) is 24.8 Å². The fourth-order valence-electron chi connectivity index (χ4n) is 4.48. The number of hydrogen-bond acceptors (Lipinski definition) is 6. The zero-order valence-corrected chi connectivity index (χ0v) is 21.6. The molecule has 0 bridgehead atoms. The highest BCUT2D eigenvalue weighted by atomic mass is 28.3. The van der Waals surface area contributed by atoms with Crippen LogP contribution in [0.5, 0.6) is 0 Å². The van der Waals surface area contributed by atoms with Crippen molar-refractivity contribution in [1.82, 2.24) is 9.80 Å². The van der Waals surface area contributed by atoms with Crippen LogP contribution in [0.3, 0.4) is 0 Å². The molecule has 8 nitrogen and oxygen atoms in total. The van der Waals surface area contributed by atoms with E-state index >= 15 is 0 Å².